The zero-order chi connectivity index (χ0) is 24.4. The topological polar surface area (TPSA) is 64.5 Å². The van der Waals surface area contributed by atoms with Crippen LogP contribution in [0, 0.1) is 6.92 Å². The summed E-state index contributed by atoms with van der Waals surface area (Å²) >= 11 is 1.75. The molecule has 0 spiro atoms. The minimum Gasteiger partial charge on any atom is -0.378 e. The Morgan fingerprint density at radius 2 is 1.65 bits per heavy atom. The van der Waals surface area contributed by atoms with E-state index in [-0.39, 0.29) is 4.90 Å². The van der Waals surface area contributed by atoms with Crippen molar-refractivity contribution < 1.29 is 22.1 Å². The zero-order valence-electron chi connectivity index (χ0n) is 19.8. The number of anilines is 1. The molecule has 5 rings (SSSR count). The normalized spacial score (nSPS) is 13.6. The molecule has 0 fully saturated rings. The molecule has 174 valence electrons. The molecular weight excluding hydrogens is 466 g/mol. The predicted octanol–water partition coefficient (Wildman–Crippen LogP) is 4.33. The molecule has 1 aliphatic rings. The van der Waals surface area contributed by atoms with E-state index in [0.717, 1.165) is 28.2 Å². The zero-order valence-corrected chi connectivity index (χ0v) is 21.5. The first kappa shape index (κ1) is 22.7. The molecule has 0 unspecified atom stereocenters. The molecule has 0 bridgehead atoms. The lowest BCUT2D eigenvalue weighted by atomic mass is 10.0. The van der Waals surface area contributed by atoms with Crippen LogP contribution in [-0.4, -0.2) is 44.4 Å². The Hall–Kier alpha value is -3.07. The van der Waals surface area contributed by atoms with Gasteiger partial charge in [0.15, 0.2) is 5.71 Å². The standard InChI is InChI=1S/C26H26N3O3S2/c1-16-6-12-21-20(25(16)34(30,31)32)15-22(28(21)4)18-9-13-24-23(14-18)29(5)26(33-24)17-7-10-19(11-8-17)27(2)3/h6-14H,15H2,1-5H3/q+1/p+1. The predicted molar refractivity (Wildman–Crippen MR) is 137 cm³/mol. The van der Waals surface area contributed by atoms with Gasteiger partial charge in [0.1, 0.15) is 23.7 Å². The third kappa shape index (κ3) is 3.62. The second-order valence-corrected chi connectivity index (χ2v) is 11.3. The molecule has 0 saturated carbocycles. The van der Waals surface area contributed by atoms with Gasteiger partial charge < -0.3 is 4.90 Å². The molecule has 6 nitrogen and oxygen atoms in total. The van der Waals surface area contributed by atoms with Gasteiger partial charge in [0.25, 0.3) is 15.1 Å². The number of thiazole rings is 1. The molecule has 0 amide bonds. The van der Waals surface area contributed by atoms with E-state index >= 15 is 0 Å². The molecule has 1 N–H and O–H groups in total. The maximum Gasteiger partial charge on any atom is 0.295 e. The lowest BCUT2D eigenvalue weighted by Crippen LogP contribution is -2.28. The summed E-state index contributed by atoms with van der Waals surface area (Å²) in [7, 11) is 3.78. The van der Waals surface area contributed by atoms with Crippen LogP contribution in [0.4, 0.5) is 11.4 Å². The van der Waals surface area contributed by atoms with Crippen molar-refractivity contribution in [2.45, 2.75) is 18.2 Å². The van der Waals surface area contributed by atoms with Crippen molar-refractivity contribution in [1.29, 1.82) is 0 Å². The van der Waals surface area contributed by atoms with Gasteiger partial charge in [0.05, 0.1) is 17.5 Å². The van der Waals surface area contributed by atoms with Crippen LogP contribution < -0.4 is 9.47 Å². The number of rotatable bonds is 4. The van der Waals surface area contributed by atoms with Gasteiger partial charge >= 0.3 is 0 Å². The van der Waals surface area contributed by atoms with Crippen molar-refractivity contribution in [2.24, 2.45) is 7.05 Å². The summed E-state index contributed by atoms with van der Waals surface area (Å²) in [5.74, 6) is 0. The van der Waals surface area contributed by atoms with Crippen molar-refractivity contribution in [3.05, 3.63) is 71.3 Å². The molecule has 0 radical (unpaired) electrons. The van der Waals surface area contributed by atoms with Crippen LogP contribution in [0.1, 0.15) is 16.7 Å². The molecule has 34 heavy (non-hydrogen) atoms. The maximum atomic E-state index is 12.1. The summed E-state index contributed by atoms with van der Waals surface area (Å²) in [5.41, 5.74) is 7.51. The van der Waals surface area contributed by atoms with E-state index in [1.54, 1.807) is 24.3 Å². The smallest absolute Gasteiger partial charge is 0.295 e. The highest BCUT2D eigenvalue weighted by molar-refractivity contribution is 7.86. The number of benzene rings is 3. The lowest BCUT2D eigenvalue weighted by molar-refractivity contribution is -0.629. The highest BCUT2D eigenvalue weighted by Gasteiger charge is 2.35. The maximum absolute atomic E-state index is 12.1. The average molecular weight is 494 g/mol. The summed E-state index contributed by atoms with van der Waals surface area (Å²) in [6, 6.07) is 18.6. The summed E-state index contributed by atoms with van der Waals surface area (Å²) < 4.78 is 39.5. The van der Waals surface area contributed by atoms with Crippen LogP contribution >= 0.6 is 11.3 Å². The Balaban J connectivity index is 1.58. The molecule has 0 aliphatic carbocycles. The third-order valence-corrected chi connectivity index (χ3v) is 8.95. The first-order chi connectivity index (χ1) is 16.1. The number of hydrogen-bond acceptors (Lipinski definition) is 4. The summed E-state index contributed by atoms with van der Waals surface area (Å²) in [4.78, 5) is 2.11. The van der Waals surface area contributed by atoms with Crippen LogP contribution in [0.2, 0.25) is 0 Å². The molecular formula is C26H27N3O3S2+2. The van der Waals surface area contributed by atoms with E-state index < -0.39 is 10.1 Å². The Morgan fingerprint density at radius 3 is 2.29 bits per heavy atom. The van der Waals surface area contributed by atoms with Crippen molar-refractivity contribution in [3.8, 4) is 10.6 Å². The van der Waals surface area contributed by atoms with Crippen LogP contribution in [0.25, 0.3) is 20.8 Å². The average Bonchev–Trinajstić information content (AvgIpc) is 3.29. The number of hydrogen-bond donors (Lipinski definition) is 1. The van der Waals surface area contributed by atoms with Gasteiger partial charge in [0.2, 0.25) is 11.2 Å². The van der Waals surface area contributed by atoms with Gasteiger partial charge in [-0.15, -0.1) is 0 Å². The fourth-order valence-corrected chi connectivity index (χ4v) is 6.88. The fraction of sp³-hybridized carbons (Fsp3) is 0.231. The van der Waals surface area contributed by atoms with Gasteiger partial charge in [-0.05, 0) is 48.9 Å². The Bertz CT molecular complexity index is 1600. The molecule has 3 aromatic carbocycles. The molecule has 2 heterocycles. The van der Waals surface area contributed by atoms with Crippen molar-refractivity contribution >= 4 is 48.8 Å². The summed E-state index contributed by atoms with van der Waals surface area (Å²) in [6.07, 6.45) is 0.445. The molecule has 0 atom stereocenters. The van der Waals surface area contributed by atoms with E-state index in [9.17, 15) is 13.0 Å². The van der Waals surface area contributed by atoms with E-state index in [2.05, 4.69) is 59.0 Å². The van der Waals surface area contributed by atoms with Crippen molar-refractivity contribution in [2.75, 3.05) is 26.0 Å². The van der Waals surface area contributed by atoms with E-state index in [4.69, 9.17) is 0 Å². The van der Waals surface area contributed by atoms with Crippen LogP contribution in [0.3, 0.4) is 0 Å². The van der Waals surface area contributed by atoms with Gasteiger partial charge in [-0.2, -0.15) is 17.6 Å². The highest BCUT2D eigenvalue weighted by Crippen LogP contribution is 2.36. The van der Waals surface area contributed by atoms with Crippen LogP contribution in [-0.2, 0) is 23.6 Å². The first-order valence-electron chi connectivity index (χ1n) is 11.0. The minimum absolute atomic E-state index is 0.0254. The molecule has 1 aromatic heterocycles. The Morgan fingerprint density at radius 1 is 0.971 bits per heavy atom. The van der Waals surface area contributed by atoms with Gasteiger partial charge in [-0.25, -0.2) is 0 Å². The van der Waals surface area contributed by atoms with Gasteiger partial charge in [0, 0.05) is 37.5 Å². The van der Waals surface area contributed by atoms with E-state index in [1.165, 1.54) is 15.3 Å². The number of aromatic nitrogens is 1. The molecule has 4 aromatic rings. The first-order valence-corrected chi connectivity index (χ1v) is 13.2. The summed E-state index contributed by atoms with van der Waals surface area (Å²) in [5, 5.41) is 1.18. The quantitative estimate of drug-likeness (QED) is 0.340. The van der Waals surface area contributed by atoms with Crippen molar-refractivity contribution in [3.63, 3.8) is 0 Å². The molecule has 8 heteroatoms. The van der Waals surface area contributed by atoms with Crippen LogP contribution in [0.5, 0.6) is 0 Å². The van der Waals surface area contributed by atoms with Crippen molar-refractivity contribution in [1.82, 2.24) is 0 Å². The van der Waals surface area contributed by atoms with Gasteiger partial charge in [-0.3, -0.25) is 4.55 Å². The SMILES string of the molecule is Cc1ccc2c(c1S(=O)(=O)O)CC(c1ccc3sc(-c4ccc(N(C)C)cc4)[n+](C)c3c1)=[N+]2C. The second-order valence-electron chi connectivity index (χ2n) is 8.96. The van der Waals surface area contributed by atoms with Gasteiger partial charge in [-0.1, -0.05) is 17.4 Å². The Kier molecular flexibility index (Phi) is 5.35. The number of aryl methyl sites for hydroxylation is 2. The van der Waals surface area contributed by atoms with E-state index in [0.29, 0.717) is 17.5 Å². The minimum atomic E-state index is -4.31. The largest absolute Gasteiger partial charge is 0.378 e. The third-order valence-electron chi connectivity index (χ3n) is 6.60. The second kappa shape index (κ2) is 8.01. The molecule has 1 aliphatic heterocycles. The van der Waals surface area contributed by atoms with E-state index in [1.807, 2.05) is 31.8 Å². The Labute approximate surface area is 203 Å². The number of nitrogens with zero attached hydrogens (tertiary/aromatic N) is 3. The molecule has 0 saturated heterocycles. The number of fused-ring (bicyclic) bond motifs is 2. The lowest BCUT2D eigenvalue weighted by Gasteiger charge is -2.11. The fourth-order valence-electron chi connectivity index (χ4n) is 4.79. The summed E-state index contributed by atoms with van der Waals surface area (Å²) in [6.45, 7) is 1.71. The van der Waals surface area contributed by atoms with Crippen LogP contribution in [0.15, 0.2) is 59.5 Å². The monoisotopic (exact) mass is 493 g/mol. The highest BCUT2D eigenvalue weighted by atomic mass is 32.2.